The molecule has 2 aromatic heterocycles. The van der Waals surface area contributed by atoms with Gasteiger partial charge in [0, 0.05) is 35.1 Å². The van der Waals surface area contributed by atoms with Crippen molar-refractivity contribution < 1.29 is 8.42 Å². The summed E-state index contributed by atoms with van der Waals surface area (Å²) < 4.78 is 23.2. The van der Waals surface area contributed by atoms with Gasteiger partial charge in [0.05, 0.1) is 10.6 Å². The highest BCUT2D eigenvalue weighted by Crippen LogP contribution is 2.31. The Morgan fingerprint density at radius 1 is 1.04 bits per heavy atom. The molecule has 1 aliphatic carbocycles. The summed E-state index contributed by atoms with van der Waals surface area (Å²) in [5.74, 6) is 0.709. The Morgan fingerprint density at radius 2 is 1.85 bits per heavy atom. The molecule has 0 aliphatic heterocycles. The van der Waals surface area contributed by atoms with Crippen LogP contribution in [0.15, 0.2) is 59.8 Å². The molecule has 1 N–H and O–H groups in total. The highest BCUT2D eigenvalue weighted by Gasteiger charge is 2.12. The van der Waals surface area contributed by atoms with Crippen molar-refractivity contribution in [3.05, 3.63) is 60.6 Å². The number of hydrogen-bond acceptors (Lipinski definition) is 5. The van der Waals surface area contributed by atoms with Gasteiger partial charge in [0.15, 0.2) is 9.84 Å². The molecule has 0 saturated carbocycles. The number of fused-ring (bicyclic) bond motifs is 1. The summed E-state index contributed by atoms with van der Waals surface area (Å²) in [4.78, 5) is 9.41. The fourth-order valence-electron chi connectivity index (χ4n) is 3.38. The van der Waals surface area contributed by atoms with Crippen LogP contribution in [0.1, 0.15) is 31.4 Å². The zero-order chi connectivity index (χ0) is 18.9. The summed E-state index contributed by atoms with van der Waals surface area (Å²) in [5, 5.41) is 5.39. The molecular weight excluding hydrogens is 358 g/mol. The quantitative estimate of drug-likeness (QED) is 0.709. The smallest absolute Gasteiger partial charge is 0.175 e. The fraction of sp³-hybridized carbons (Fsp3) is 0.238. The molecule has 1 aliphatic rings. The van der Waals surface area contributed by atoms with Crippen molar-refractivity contribution in [2.45, 2.75) is 30.6 Å². The lowest BCUT2D eigenvalue weighted by Gasteiger charge is -2.15. The van der Waals surface area contributed by atoms with Gasteiger partial charge in [-0.05, 0) is 67.7 Å². The van der Waals surface area contributed by atoms with E-state index in [1.165, 1.54) is 24.7 Å². The number of sulfone groups is 1. The Labute approximate surface area is 159 Å². The molecule has 0 spiro atoms. The van der Waals surface area contributed by atoms with Gasteiger partial charge < -0.3 is 5.32 Å². The topological polar surface area (TPSA) is 72.0 Å². The molecule has 1 aromatic carbocycles. The summed E-state index contributed by atoms with van der Waals surface area (Å²) >= 11 is 0. The predicted molar refractivity (Wildman–Crippen MR) is 109 cm³/mol. The number of rotatable bonds is 4. The Hall–Kier alpha value is -2.73. The second-order valence-corrected chi connectivity index (χ2v) is 8.86. The van der Waals surface area contributed by atoms with Crippen LogP contribution >= 0.6 is 0 Å². The third-order valence-electron chi connectivity index (χ3n) is 4.80. The molecule has 0 radical (unpaired) electrons. The minimum absolute atomic E-state index is 0.301. The molecule has 3 aromatic rings. The molecule has 5 nitrogen and oxygen atoms in total. The van der Waals surface area contributed by atoms with Gasteiger partial charge in [0.1, 0.15) is 5.82 Å². The van der Waals surface area contributed by atoms with E-state index >= 15 is 0 Å². The zero-order valence-corrected chi connectivity index (χ0v) is 16.0. The minimum atomic E-state index is -3.20. The van der Waals surface area contributed by atoms with Crippen LogP contribution in [0.2, 0.25) is 0 Å². The maximum Gasteiger partial charge on any atom is 0.175 e. The molecule has 0 atom stereocenters. The van der Waals surface area contributed by atoms with Crippen molar-refractivity contribution in [2.75, 3.05) is 11.6 Å². The predicted octanol–water partition coefficient (Wildman–Crippen LogP) is 4.73. The summed E-state index contributed by atoms with van der Waals surface area (Å²) in [7, 11) is -3.20. The van der Waals surface area contributed by atoms with Gasteiger partial charge in [0.25, 0.3) is 0 Å². The van der Waals surface area contributed by atoms with Gasteiger partial charge in [-0.2, -0.15) is 0 Å². The number of aromatic nitrogens is 2. The van der Waals surface area contributed by atoms with Gasteiger partial charge >= 0.3 is 0 Å². The normalized spacial score (nSPS) is 14.8. The Bertz CT molecular complexity index is 1120. The van der Waals surface area contributed by atoms with Crippen LogP contribution in [-0.4, -0.2) is 24.6 Å². The lowest BCUT2D eigenvalue weighted by atomic mass is 9.94. The van der Waals surface area contributed by atoms with Crippen LogP contribution in [0.4, 0.5) is 11.5 Å². The SMILES string of the molecule is CS(=O)(=O)c1ccc(Nc2cc3c(C4=CCCCC4)nccc3cn2)cc1. The number of benzene rings is 1. The molecule has 0 amide bonds. The highest BCUT2D eigenvalue weighted by molar-refractivity contribution is 7.90. The number of nitrogens with one attached hydrogen (secondary N) is 1. The van der Waals surface area contributed by atoms with Crippen molar-refractivity contribution in [3.8, 4) is 0 Å². The first-order chi connectivity index (χ1) is 13.0. The second kappa shape index (κ2) is 7.12. The van der Waals surface area contributed by atoms with Crippen molar-refractivity contribution in [3.63, 3.8) is 0 Å². The zero-order valence-electron chi connectivity index (χ0n) is 15.1. The molecule has 0 unspecified atom stereocenters. The van der Waals surface area contributed by atoms with E-state index < -0.39 is 9.84 Å². The number of allylic oxidation sites excluding steroid dienone is 2. The fourth-order valence-corrected chi connectivity index (χ4v) is 4.01. The van der Waals surface area contributed by atoms with Crippen molar-refractivity contribution in [1.82, 2.24) is 9.97 Å². The van der Waals surface area contributed by atoms with E-state index in [1.807, 2.05) is 24.5 Å². The van der Waals surface area contributed by atoms with E-state index in [0.717, 1.165) is 35.0 Å². The van der Waals surface area contributed by atoms with E-state index in [-0.39, 0.29) is 0 Å². The number of nitrogens with zero attached hydrogens (tertiary/aromatic N) is 2. The van der Waals surface area contributed by atoms with E-state index in [0.29, 0.717) is 10.7 Å². The molecule has 4 rings (SSSR count). The van der Waals surface area contributed by atoms with E-state index in [9.17, 15) is 8.42 Å². The number of hydrogen-bond donors (Lipinski definition) is 1. The maximum atomic E-state index is 11.6. The molecule has 27 heavy (non-hydrogen) atoms. The van der Waals surface area contributed by atoms with Crippen molar-refractivity contribution in [1.29, 1.82) is 0 Å². The van der Waals surface area contributed by atoms with Crippen LogP contribution < -0.4 is 5.32 Å². The molecule has 0 bridgehead atoms. The summed E-state index contributed by atoms with van der Waals surface area (Å²) in [6.07, 6.45) is 11.8. The monoisotopic (exact) mass is 379 g/mol. The first kappa shape index (κ1) is 17.7. The molecule has 0 saturated heterocycles. The lowest BCUT2D eigenvalue weighted by Crippen LogP contribution is -1.99. The standard InChI is InChI=1S/C21H21N3O2S/c1-27(25,26)18-9-7-17(8-10-18)24-20-13-19-16(14-23-20)11-12-22-21(19)15-5-3-2-4-6-15/h5,7-14H,2-4,6H2,1H3,(H,23,24). The molecular formula is C21H21N3O2S. The van der Waals surface area contributed by atoms with E-state index in [4.69, 9.17) is 0 Å². The second-order valence-electron chi connectivity index (χ2n) is 6.85. The largest absolute Gasteiger partial charge is 0.340 e. The van der Waals surface area contributed by atoms with Crippen LogP contribution in [0, 0.1) is 0 Å². The van der Waals surface area contributed by atoms with E-state index in [1.54, 1.807) is 24.3 Å². The molecule has 138 valence electrons. The van der Waals surface area contributed by atoms with Gasteiger partial charge in [-0.15, -0.1) is 0 Å². The van der Waals surface area contributed by atoms with Crippen LogP contribution in [0.5, 0.6) is 0 Å². The third kappa shape index (κ3) is 3.85. The van der Waals surface area contributed by atoms with Crippen molar-refractivity contribution >= 4 is 37.7 Å². The Morgan fingerprint density at radius 3 is 2.56 bits per heavy atom. The van der Waals surface area contributed by atoms with E-state index in [2.05, 4.69) is 21.4 Å². The molecule has 2 heterocycles. The van der Waals surface area contributed by atoms with Gasteiger partial charge in [0.2, 0.25) is 0 Å². The average Bonchev–Trinajstić information content (AvgIpc) is 2.68. The summed E-state index contributed by atoms with van der Waals surface area (Å²) in [5.41, 5.74) is 3.13. The van der Waals surface area contributed by atoms with Crippen LogP contribution in [0.25, 0.3) is 16.3 Å². The first-order valence-electron chi connectivity index (χ1n) is 9.02. The van der Waals surface area contributed by atoms with Crippen molar-refractivity contribution in [2.24, 2.45) is 0 Å². The average molecular weight is 379 g/mol. The number of anilines is 2. The number of pyridine rings is 2. The molecule has 6 heteroatoms. The summed E-state index contributed by atoms with van der Waals surface area (Å²) in [6, 6.07) is 10.7. The maximum absolute atomic E-state index is 11.6. The lowest BCUT2D eigenvalue weighted by molar-refractivity contribution is 0.602. The van der Waals surface area contributed by atoms with Crippen LogP contribution in [0.3, 0.4) is 0 Å². The molecule has 0 fully saturated rings. The van der Waals surface area contributed by atoms with Gasteiger partial charge in [-0.1, -0.05) is 6.08 Å². The Kier molecular flexibility index (Phi) is 4.66. The highest BCUT2D eigenvalue weighted by atomic mass is 32.2. The van der Waals surface area contributed by atoms with Gasteiger partial charge in [-0.25, -0.2) is 13.4 Å². The Balaban J connectivity index is 1.68. The minimum Gasteiger partial charge on any atom is -0.340 e. The third-order valence-corrected chi connectivity index (χ3v) is 5.93. The first-order valence-corrected chi connectivity index (χ1v) is 10.9. The van der Waals surface area contributed by atoms with Crippen LogP contribution in [-0.2, 0) is 9.84 Å². The summed E-state index contributed by atoms with van der Waals surface area (Å²) in [6.45, 7) is 0. The van der Waals surface area contributed by atoms with Gasteiger partial charge in [-0.3, -0.25) is 4.98 Å².